The molecule has 1 aliphatic carbocycles. The van der Waals surface area contributed by atoms with Crippen molar-refractivity contribution >= 4 is 37.8 Å². The summed E-state index contributed by atoms with van der Waals surface area (Å²) in [4.78, 5) is 15.3. The van der Waals surface area contributed by atoms with E-state index in [4.69, 9.17) is 0 Å². The summed E-state index contributed by atoms with van der Waals surface area (Å²) in [6, 6.07) is 9.85. The molecule has 1 aliphatic heterocycles. The smallest absolute Gasteiger partial charge is 0.254 e. The highest BCUT2D eigenvalue weighted by molar-refractivity contribution is 9.10. The number of benzene rings is 1. The molecule has 2 fully saturated rings. The first-order chi connectivity index (χ1) is 8.18. The predicted molar refractivity (Wildman–Crippen MR) is 74.8 cm³/mol. The van der Waals surface area contributed by atoms with Crippen LogP contribution in [0.3, 0.4) is 0 Å². The van der Waals surface area contributed by atoms with E-state index in [1.807, 2.05) is 35.2 Å². The van der Waals surface area contributed by atoms with Crippen LogP contribution in [0.2, 0.25) is 0 Å². The number of carbonyl (C=O) groups is 1. The number of fused-ring (bicyclic) bond motifs is 2. The Balaban J connectivity index is 1.85. The third-order valence-electron chi connectivity index (χ3n) is 3.75. The highest BCUT2D eigenvalue weighted by atomic mass is 79.9. The molecule has 1 saturated heterocycles. The Labute approximate surface area is 118 Å². The topological polar surface area (TPSA) is 20.3 Å². The van der Waals surface area contributed by atoms with Crippen LogP contribution in [0.5, 0.6) is 0 Å². The number of hydrogen-bond donors (Lipinski definition) is 0. The molecular weight excluding hydrogens is 346 g/mol. The number of piperidine rings is 1. The van der Waals surface area contributed by atoms with Gasteiger partial charge in [0.1, 0.15) is 0 Å². The standard InChI is InChI=1S/C13H13Br2NO/c14-10-6-9-7-16(12(10)11(9)15)13(17)8-4-2-1-3-5-8/h1-5,9-12H,6-7H2/t9-,10-,11+,12-/m1/s1. The number of alkyl halides is 2. The maximum atomic E-state index is 12.4. The quantitative estimate of drug-likeness (QED) is 0.706. The van der Waals surface area contributed by atoms with Crippen molar-refractivity contribution in [3.8, 4) is 0 Å². The van der Waals surface area contributed by atoms with E-state index in [2.05, 4.69) is 31.9 Å². The molecule has 4 heteroatoms. The molecule has 1 amide bonds. The molecule has 2 aliphatic rings. The van der Waals surface area contributed by atoms with Gasteiger partial charge >= 0.3 is 0 Å². The van der Waals surface area contributed by atoms with Crippen LogP contribution in [0, 0.1) is 5.92 Å². The van der Waals surface area contributed by atoms with Gasteiger partial charge in [-0.1, -0.05) is 50.1 Å². The van der Waals surface area contributed by atoms with Gasteiger partial charge < -0.3 is 4.90 Å². The van der Waals surface area contributed by atoms with Gasteiger partial charge in [-0.25, -0.2) is 0 Å². The molecule has 0 aromatic heterocycles. The van der Waals surface area contributed by atoms with Crippen LogP contribution in [0.1, 0.15) is 16.8 Å². The third-order valence-corrected chi connectivity index (χ3v) is 5.95. The molecule has 1 aromatic rings. The summed E-state index contributed by atoms with van der Waals surface area (Å²) in [5, 5.41) is 0. The van der Waals surface area contributed by atoms with Gasteiger partial charge in [0.15, 0.2) is 0 Å². The minimum Gasteiger partial charge on any atom is -0.333 e. The summed E-state index contributed by atoms with van der Waals surface area (Å²) in [6.45, 7) is 0.885. The van der Waals surface area contributed by atoms with E-state index in [1.54, 1.807) is 0 Å². The van der Waals surface area contributed by atoms with Crippen molar-refractivity contribution in [1.29, 1.82) is 0 Å². The maximum absolute atomic E-state index is 12.4. The van der Waals surface area contributed by atoms with Crippen molar-refractivity contribution in [3.05, 3.63) is 35.9 Å². The second-order valence-corrected chi connectivity index (χ2v) is 7.00. The van der Waals surface area contributed by atoms with Crippen molar-refractivity contribution in [3.63, 3.8) is 0 Å². The van der Waals surface area contributed by atoms with E-state index >= 15 is 0 Å². The van der Waals surface area contributed by atoms with E-state index in [9.17, 15) is 4.79 Å². The van der Waals surface area contributed by atoms with Crippen LogP contribution in [-0.4, -0.2) is 33.0 Å². The second-order valence-electron chi connectivity index (χ2n) is 4.77. The Morgan fingerprint density at radius 1 is 1.24 bits per heavy atom. The Morgan fingerprint density at radius 3 is 2.53 bits per heavy atom. The number of rotatable bonds is 1. The fourth-order valence-electron chi connectivity index (χ4n) is 2.92. The molecule has 90 valence electrons. The Bertz CT molecular complexity index is 436. The molecule has 1 saturated carbocycles. The van der Waals surface area contributed by atoms with Gasteiger partial charge in [-0.05, 0) is 24.5 Å². The molecular formula is C13H13Br2NO. The Morgan fingerprint density at radius 2 is 1.94 bits per heavy atom. The zero-order valence-corrected chi connectivity index (χ0v) is 12.4. The molecule has 1 aromatic carbocycles. The van der Waals surface area contributed by atoms with Crippen LogP contribution in [0.25, 0.3) is 0 Å². The molecule has 0 spiro atoms. The zero-order valence-electron chi connectivity index (χ0n) is 9.22. The Hall–Kier alpha value is -0.350. The zero-order chi connectivity index (χ0) is 12.0. The largest absolute Gasteiger partial charge is 0.333 e. The fourth-order valence-corrected chi connectivity index (χ4v) is 5.46. The molecule has 17 heavy (non-hydrogen) atoms. The fraction of sp³-hybridized carbons (Fsp3) is 0.462. The van der Waals surface area contributed by atoms with E-state index in [0.29, 0.717) is 21.6 Å². The summed E-state index contributed by atoms with van der Waals surface area (Å²) in [7, 11) is 0. The monoisotopic (exact) mass is 357 g/mol. The number of halogens is 2. The lowest BCUT2D eigenvalue weighted by molar-refractivity contribution is 0.0711. The average molecular weight is 359 g/mol. The van der Waals surface area contributed by atoms with E-state index < -0.39 is 0 Å². The van der Waals surface area contributed by atoms with Crippen molar-refractivity contribution < 1.29 is 4.79 Å². The van der Waals surface area contributed by atoms with E-state index in [0.717, 1.165) is 12.1 Å². The van der Waals surface area contributed by atoms with Gasteiger partial charge in [0.25, 0.3) is 5.91 Å². The van der Waals surface area contributed by atoms with Gasteiger partial charge in [-0.2, -0.15) is 0 Å². The average Bonchev–Trinajstić information content (AvgIpc) is 2.81. The Kier molecular flexibility index (Phi) is 3.03. The summed E-state index contributed by atoms with van der Waals surface area (Å²) in [5.74, 6) is 0.753. The molecule has 0 N–H and O–H groups in total. The van der Waals surface area contributed by atoms with Crippen molar-refractivity contribution in [2.24, 2.45) is 5.92 Å². The number of hydrogen-bond acceptors (Lipinski definition) is 1. The first-order valence-electron chi connectivity index (χ1n) is 5.82. The highest BCUT2D eigenvalue weighted by Gasteiger charge is 2.52. The van der Waals surface area contributed by atoms with Crippen LogP contribution < -0.4 is 0 Å². The predicted octanol–water partition coefficient (Wildman–Crippen LogP) is 3.06. The van der Waals surface area contributed by atoms with Crippen LogP contribution in [0.15, 0.2) is 30.3 Å². The van der Waals surface area contributed by atoms with Crippen molar-refractivity contribution in [1.82, 2.24) is 4.90 Å². The molecule has 0 unspecified atom stereocenters. The van der Waals surface area contributed by atoms with E-state index in [-0.39, 0.29) is 5.91 Å². The lowest BCUT2D eigenvalue weighted by Crippen LogP contribution is -2.43. The maximum Gasteiger partial charge on any atom is 0.254 e. The van der Waals surface area contributed by atoms with Crippen LogP contribution in [-0.2, 0) is 0 Å². The molecule has 0 radical (unpaired) electrons. The number of carbonyl (C=O) groups excluding carboxylic acids is 1. The summed E-state index contributed by atoms with van der Waals surface area (Å²) in [5.41, 5.74) is 0.791. The first kappa shape index (κ1) is 11.7. The molecule has 2 nitrogen and oxygen atoms in total. The second kappa shape index (κ2) is 4.39. The first-order valence-corrected chi connectivity index (χ1v) is 7.66. The van der Waals surface area contributed by atoms with Crippen LogP contribution >= 0.6 is 31.9 Å². The SMILES string of the molecule is O=C(c1ccccc1)N1C[C@H]2C[C@@H](Br)[C@@H]1[C@H]2Br. The third kappa shape index (κ3) is 1.85. The van der Waals surface area contributed by atoms with Gasteiger partial charge in [0.05, 0.1) is 6.04 Å². The number of amides is 1. The van der Waals surface area contributed by atoms with Gasteiger partial charge in [0.2, 0.25) is 0 Å². The molecule has 1 heterocycles. The lowest BCUT2D eigenvalue weighted by Gasteiger charge is -2.30. The molecule has 4 atom stereocenters. The summed E-state index contributed by atoms with van der Waals surface area (Å²) >= 11 is 7.42. The molecule has 3 rings (SSSR count). The van der Waals surface area contributed by atoms with E-state index in [1.165, 1.54) is 6.42 Å². The summed E-state index contributed by atoms with van der Waals surface area (Å²) in [6.07, 6.45) is 1.17. The minimum absolute atomic E-state index is 0.159. The minimum atomic E-state index is 0.159. The highest BCUT2D eigenvalue weighted by Crippen LogP contribution is 2.45. The lowest BCUT2D eigenvalue weighted by atomic mass is 10.1. The van der Waals surface area contributed by atoms with Gasteiger partial charge in [0, 0.05) is 21.8 Å². The van der Waals surface area contributed by atoms with Gasteiger partial charge in [-0.3, -0.25) is 4.79 Å². The number of likely N-dealkylation sites (tertiary alicyclic amines) is 1. The van der Waals surface area contributed by atoms with Crippen molar-refractivity contribution in [2.75, 3.05) is 6.54 Å². The summed E-state index contributed by atoms with van der Waals surface area (Å²) < 4.78 is 0. The van der Waals surface area contributed by atoms with Crippen molar-refractivity contribution in [2.45, 2.75) is 22.1 Å². The normalized spacial score (nSPS) is 35.3. The van der Waals surface area contributed by atoms with Crippen LogP contribution in [0.4, 0.5) is 0 Å². The molecule has 2 bridgehead atoms. The van der Waals surface area contributed by atoms with Gasteiger partial charge in [-0.15, -0.1) is 0 Å². The number of nitrogens with zero attached hydrogens (tertiary/aromatic N) is 1.